The van der Waals surface area contributed by atoms with Crippen LogP contribution in [-0.2, 0) is 14.3 Å². The third kappa shape index (κ3) is 5.30. The first-order valence-corrected chi connectivity index (χ1v) is 2.95. The van der Waals surface area contributed by atoms with Gasteiger partial charge in [-0.1, -0.05) is 0 Å². The quantitative estimate of drug-likeness (QED) is 0.423. The van der Waals surface area contributed by atoms with Gasteiger partial charge < -0.3 is 9.47 Å². The first kappa shape index (κ1) is 8.43. The number of carbonyl (C=O) groups excluding carboxylic acids is 1. The summed E-state index contributed by atoms with van der Waals surface area (Å²) in [7, 11) is 0. The molecule has 0 aromatic carbocycles. The van der Waals surface area contributed by atoms with Crippen LogP contribution in [0.3, 0.4) is 0 Å². The second kappa shape index (κ2) is 4.32. The minimum absolute atomic E-state index is 0.309. The molecule has 0 fully saturated rings. The molecule has 0 aliphatic rings. The highest BCUT2D eigenvalue weighted by atomic mass is 16.7. The van der Waals surface area contributed by atoms with Crippen molar-refractivity contribution in [2.75, 3.05) is 6.61 Å². The van der Waals surface area contributed by atoms with E-state index >= 15 is 0 Å². The number of hydrogen-bond acceptors (Lipinski definition) is 3. The minimum atomic E-state index is -0.410. The minimum Gasteiger partial charge on any atom is -0.436 e. The molecule has 0 radical (unpaired) electrons. The Morgan fingerprint density at radius 3 is 2.56 bits per heavy atom. The second-order valence-electron chi connectivity index (χ2n) is 1.63. The molecule has 0 amide bonds. The number of rotatable bonds is 3. The SMILES string of the molecule is CCO[C@@H](C)OC(C)=O. The van der Waals surface area contributed by atoms with Gasteiger partial charge in [-0.15, -0.1) is 0 Å². The van der Waals surface area contributed by atoms with E-state index in [9.17, 15) is 4.79 Å². The smallest absolute Gasteiger partial charge is 0.304 e. The number of ether oxygens (including phenoxy) is 2. The van der Waals surface area contributed by atoms with Crippen molar-refractivity contribution < 1.29 is 14.3 Å². The molecule has 0 unspecified atom stereocenters. The molecular formula is C6H12O3. The molecule has 54 valence electrons. The van der Waals surface area contributed by atoms with Crippen LogP contribution in [0.2, 0.25) is 0 Å². The van der Waals surface area contributed by atoms with E-state index in [2.05, 4.69) is 4.74 Å². The van der Waals surface area contributed by atoms with Crippen molar-refractivity contribution in [1.82, 2.24) is 0 Å². The summed E-state index contributed by atoms with van der Waals surface area (Å²) in [6.07, 6.45) is -0.410. The van der Waals surface area contributed by atoms with E-state index in [1.807, 2.05) is 6.92 Å². The Labute approximate surface area is 55.0 Å². The molecule has 0 aliphatic heterocycles. The van der Waals surface area contributed by atoms with E-state index in [1.165, 1.54) is 6.92 Å². The van der Waals surface area contributed by atoms with Gasteiger partial charge in [-0.25, -0.2) is 0 Å². The van der Waals surface area contributed by atoms with Gasteiger partial charge in [0.05, 0.1) is 0 Å². The summed E-state index contributed by atoms with van der Waals surface area (Å²) in [4.78, 5) is 10.2. The van der Waals surface area contributed by atoms with E-state index in [0.717, 1.165) is 0 Å². The molecule has 0 saturated carbocycles. The Morgan fingerprint density at radius 1 is 1.67 bits per heavy atom. The summed E-state index contributed by atoms with van der Waals surface area (Å²) in [5.74, 6) is -0.309. The van der Waals surface area contributed by atoms with Gasteiger partial charge in [0.15, 0.2) is 6.29 Å². The van der Waals surface area contributed by atoms with Crippen molar-refractivity contribution in [3.8, 4) is 0 Å². The molecule has 0 saturated heterocycles. The highest BCUT2D eigenvalue weighted by Crippen LogP contribution is 1.91. The average molecular weight is 132 g/mol. The lowest BCUT2D eigenvalue weighted by molar-refractivity contribution is -0.171. The van der Waals surface area contributed by atoms with Crippen LogP contribution in [0.25, 0.3) is 0 Å². The molecule has 0 bridgehead atoms. The second-order valence-corrected chi connectivity index (χ2v) is 1.63. The first-order chi connectivity index (χ1) is 4.16. The summed E-state index contributed by atoms with van der Waals surface area (Å²) in [6.45, 7) is 5.45. The lowest BCUT2D eigenvalue weighted by Crippen LogP contribution is -2.15. The summed E-state index contributed by atoms with van der Waals surface area (Å²) >= 11 is 0. The van der Waals surface area contributed by atoms with Crippen LogP contribution < -0.4 is 0 Å². The fourth-order valence-corrected chi connectivity index (χ4v) is 0.502. The molecule has 9 heavy (non-hydrogen) atoms. The molecule has 0 aromatic heterocycles. The Hall–Kier alpha value is -0.570. The Bertz CT molecular complexity index is 90.3. The Kier molecular flexibility index (Phi) is 4.05. The highest BCUT2D eigenvalue weighted by Gasteiger charge is 2.01. The van der Waals surface area contributed by atoms with E-state index in [-0.39, 0.29) is 5.97 Å². The van der Waals surface area contributed by atoms with Gasteiger partial charge in [0.1, 0.15) is 0 Å². The van der Waals surface area contributed by atoms with Gasteiger partial charge in [0, 0.05) is 13.5 Å². The van der Waals surface area contributed by atoms with Crippen molar-refractivity contribution >= 4 is 5.97 Å². The van der Waals surface area contributed by atoms with Crippen LogP contribution in [0, 0.1) is 0 Å². The van der Waals surface area contributed by atoms with Crippen LogP contribution in [0.5, 0.6) is 0 Å². The fraction of sp³-hybridized carbons (Fsp3) is 0.833. The number of carbonyl (C=O) groups is 1. The number of esters is 1. The number of hydrogen-bond donors (Lipinski definition) is 0. The van der Waals surface area contributed by atoms with E-state index in [0.29, 0.717) is 6.61 Å². The maximum Gasteiger partial charge on any atom is 0.304 e. The standard InChI is InChI=1S/C6H12O3/c1-4-8-6(3)9-5(2)7/h6H,4H2,1-3H3/t6-/m1/s1. The summed E-state index contributed by atoms with van der Waals surface area (Å²) in [5, 5.41) is 0. The Morgan fingerprint density at radius 2 is 2.22 bits per heavy atom. The van der Waals surface area contributed by atoms with Crippen LogP contribution in [0.4, 0.5) is 0 Å². The molecule has 3 heteroatoms. The van der Waals surface area contributed by atoms with E-state index in [1.54, 1.807) is 6.92 Å². The predicted octanol–water partition coefficient (Wildman–Crippen LogP) is 0.932. The molecule has 0 aliphatic carbocycles. The fourth-order valence-electron chi connectivity index (χ4n) is 0.502. The van der Waals surface area contributed by atoms with Crippen molar-refractivity contribution in [2.24, 2.45) is 0 Å². The van der Waals surface area contributed by atoms with Gasteiger partial charge in [0.25, 0.3) is 0 Å². The maximum absolute atomic E-state index is 10.2. The van der Waals surface area contributed by atoms with Gasteiger partial charge in [0.2, 0.25) is 0 Å². The summed E-state index contributed by atoms with van der Waals surface area (Å²) in [5.41, 5.74) is 0. The van der Waals surface area contributed by atoms with Crippen molar-refractivity contribution in [3.05, 3.63) is 0 Å². The Balaban J connectivity index is 3.26. The molecule has 0 spiro atoms. The van der Waals surface area contributed by atoms with Crippen LogP contribution in [0.15, 0.2) is 0 Å². The highest BCUT2D eigenvalue weighted by molar-refractivity contribution is 5.65. The van der Waals surface area contributed by atoms with Gasteiger partial charge in [-0.3, -0.25) is 4.79 Å². The molecule has 0 heterocycles. The molecule has 0 aromatic rings. The summed E-state index contributed by atoms with van der Waals surface area (Å²) < 4.78 is 9.54. The molecule has 0 rings (SSSR count). The average Bonchev–Trinajstić information content (AvgIpc) is 1.63. The largest absolute Gasteiger partial charge is 0.436 e. The predicted molar refractivity (Wildman–Crippen MR) is 32.9 cm³/mol. The summed E-state index contributed by atoms with van der Waals surface area (Å²) in [6, 6.07) is 0. The molecular weight excluding hydrogens is 120 g/mol. The van der Waals surface area contributed by atoms with Crippen LogP contribution in [0.1, 0.15) is 20.8 Å². The lowest BCUT2D eigenvalue weighted by atomic mass is 10.7. The van der Waals surface area contributed by atoms with Gasteiger partial charge in [-0.05, 0) is 13.8 Å². The zero-order valence-corrected chi connectivity index (χ0v) is 6.01. The molecule has 3 nitrogen and oxygen atoms in total. The van der Waals surface area contributed by atoms with Crippen molar-refractivity contribution in [2.45, 2.75) is 27.1 Å². The molecule has 0 N–H and O–H groups in total. The topological polar surface area (TPSA) is 35.5 Å². The zero-order chi connectivity index (χ0) is 7.28. The van der Waals surface area contributed by atoms with Crippen molar-refractivity contribution in [1.29, 1.82) is 0 Å². The van der Waals surface area contributed by atoms with E-state index in [4.69, 9.17) is 4.74 Å². The van der Waals surface area contributed by atoms with E-state index < -0.39 is 6.29 Å². The molecule has 1 atom stereocenters. The van der Waals surface area contributed by atoms with Crippen molar-refractivity contribution in [3.63, 3.8) is 0 Å². The maximum atomic E-state index is 10.2. The zero-order valence-electron chi connectivity index (χ0n) is 6.01. The van der Waals surface area contributed by atoms with Gasteiger partial charge >= 0.3 is 5.97 Å². The third-order valence-electron chi connectivity index (χ3n) is 0.733. The van der Waals surface area contributed by atoms with Gasteiger partial charge in [-0.2, -0.15) is 0 Å². The third-order valence-corrected chi connectivity index (χ3v) is 0.733. The van der Waals surface area contributed by atoms with Crippen LogP contribution in [-0.4, -0.2) is 18.9 Å². The van der Waals surface area contributed by atoms with Crippen LogP contribution >= 0.6 is 0 Å². The first-order valence-electron chi connectivity index (χ1n) is 2.95. The lowest BCUT2D eigenvalue weighted by Gasteiger charge is -2.09. The monoisotopic (exact) mass is 132 g/mol. The normalized spacial score (nSPS) is 12.8.